The van der Waals surface area contributed by atoms with Gasteiger partial charge in [-0.25, -0.2) is 0 Å². The fourth-order valence-electron chi connectivity index (χ4n) is 3.61. The second-order valence-electron chi connectivity index (χ2n) is 7.24. The normalized spacial score (nSPS) is 16.2. The lowest BCUT2D eigenvalue weighted by atomic mass is 10.1. The number of benzene rings is 1. The molecule has 1 atom stereocenters. The highest BCUT2D eigenvalue weighted by atomic mass is 16.5. The van der Waals surface area contributed by atoms with Crippen LogP contribution in [0.1, 0.15) is 29.9 Å². The SMILES string of the molecule is Cc1cc(CC(=O)N2CCCC2C(=O)NCc2ccc(-c3ccn[nH]3)cc2)on1. The van der Waals surface area contributed by atoms with Gasteiger partial charge in [-0.2, -0.15) is 5.10 Å². The first kappa shape index (κ1) is 18.9. The summed E-state index contributed by atoms with van der Waals surface area (Å²) in [6, 6.07) is 11.1. The Morgan fingerprint density at radius 3 is 2.79 bits per heavy atom. The van der Waals surface area contributed by atoms with Gasteiger partial charge in [-0.3, -0.25) is 14.7 Å². The highest BCUT2D eigenvalue weighted by molar-refractivity contribution is 5.88. The number of aryl methyl sites for hydroxylation is 1. The summed E-state index contributed by atoms with van der Waals surface area (Å²) in [5.41, 5.74) is 3.71. The summed E-state index contributed by atoms with van der Waals surface area (Å²) >= 11 is 0. The second-order valence-corrected chi connectivity index (χ2v) is 7.24. The van der Waals surface area contributed by atoms with Crippen molar-refractivity contribution in [2.75, 3.05) is 6.54 Å². The van der Waals surface area contributed by atoms with Gasteiger partial charge >= 0.3 is 0 Å². The Bertz CT molecular complexity index is 978. The van der Waals surface area contributed by atoms with E-state index in [1.54, 1.807) is 17.2 Å². The van der Waals surface area contributed by atoms with Gasteiger partial charge < -0.3 is 14.7 Å². The molecule has 1 aliphatic rings. The molecule has 1 aromatic carbocycles. The van der Waals surface area contributed by atoms with E-state index in [1.807, 2.05) is 37.3 Å². The summed E-state index contributed by atoms with van der Waals surface area (Å²) in [4.78, 5) is 27.0. The van der Waals surface area contributed by atoms with Gasteiger partial charge in [0.1, 0.15) is 11.8 Å². The van der Waals surface area contributed by atoms with Gasteiger partial charge in [0, 0.05) is 25.4 Å². The van der Waals surface area contributed by atoms with E-state index in [2.05, 4.69) is 20.7 Å². The van der Waals surface area contributed by atoms with E-state index in [0.717, 1.165) is 28.9 Å². The number of nitrogens with zero attached hydrogens (tertiary/aromatic N) is 3. The van der Waals surface area contributed by atoms with Gasteiger partial charge in [0.25, 0.3) is 0 Å². The molecule has 8 heteroatoms. The largest absolute Gasteiger partial charge is 0.361 e. The molecule has 2 amide bonds. The first-order valence-electron chi connectivity index (χ1n) is 9.68. The van der Waals surface area contributed by atoms with Crippen LogP contribution in [-0.4, -0.2) is 44.7 Å². The number of carbonyl (C=O) groups excluding carboxylic acids is 2. The molecule has 150 valence electrons. The van der Waals surface area contributed by atoms with Gasteiger partial charge in [-0.1, -0.05) is 29.4 Å². The van der Waals surface area contributed by atoms with Crippen molar-refractivity contribution in [2.24, 2.45) is 0 Å². The van der Waals surface area contributed by atoms with Gasteiger partial charge in [0.05, 0.1) is 17.8 Å². The molecular formula is C21H23N5O3. The third-order valence-corrected chi connectivity index (χ3v) is 5.11. The van der Waals surface area contributed by atoms with E-state index in [-0.39, 0.29) is 18.2 Å². The number of aromatic nitrogens is 3. The van der Waals surface area contributed by atoms with E-state index in [9.17, 15) is 9.59 Å². The first-order valence-corrected chi connectivity index (χ1v) is 9.68. The number of hydrogen-bond acceptors (Lipinski definition) is 5. The lowest BCUT2D eigenvalue weighted by Crippen LogP contribution is -2.46. The maximum absolute atomic E-state index is 12.7. The zero-order chi connectivity index (χ0) is 20.2. The first-order chi connectivity index (χ1) is 14.1. The summed E-state index contributed by atoms with van der Waals surface area (Å²) < 4.78 is 5.13. The number of amides is 2. The van der Waals surface area contributed by atoms with Crippen LogP contribution in [0.3, 0.4) is 0 Å². The molecule has 0 aliphatic carbocycles. The zero-order valence-corrected chi connectivity index (χ0v) is 16.2. The molecule has 2 N–H and O–H groups in total. The summed E-state index contributed by atoms with van der Waals surface area (Å²) in [5.74, 6) is 0.292. The molecule has 0 saturated carbocycles. The third-order valence-electron chi connectivity index (χ3n) is 5.11. The zero-order valence-electron chi connectivity index (χ0n) is 16.2. The summed E-state index contributed by atoms with van der Waals surface area (Å²) in [6.45, 7) is 2.82. The van der Waals surface area contributed by atoms with Gasteiger partial charge in [-0.15, -0.1) is 0 Å². The van der Waals surface area contributed by atoms with Crippen LogP contribution in [0.15, 0.2) is 47.1 Å². The minimum atomic E-state index is -0.434. The lowest BCUT2D eigenvalue weighted by molar-refractivity contribution is -0.138. The van der Waals surface area contributed by atoms with Crippen LogP contribution in [0.4, 0.5) is 0 Å². The quantitative estimate of drug-likeness (QED) is 0.668. The number of rotatable bonds is 6. The van der Waals surface area contributed by atoms with Gasteiger partial charge in [-0.05, 0) is 37.0 Å². The van der Waals surface area contributed by atoms with Crippen LogP contribution >= 0.6 is 0 Å². The molecule has 4 rings (SSSR count). The van der Waals surface area contributed by atoms with E-state index >= 15 is 0 Å². The molecule has 0 bridgehead atoms. The lowest BCUT2D eigenvalue weighted by Gasteiger charge is -2.23. The molecular weight excluding hydrogens is 370 g/mol. The predicted octanol–water partition coefficient (Wildman–Crippen LogP) is 2.22. The van der Waals surface area contributed by atoms with E-state index in [0.29, 0.717) is 25.3 Å². The number of H-pyrrole nitrogens is 1. The molecule has 1 fully saturated rings. The minimum absolute atomic E-state index is 0.109. The van der Waals surface area contributed by atoms with Crippen molar-refractivity contribution in [1.82, 2.24) is 25.6 Å². The Kier molecular flexibility index (Phi) is 5.41. The predicted molar refractivity (Wildman–Crippen MR) is 106 cm³/mol. The van der Waals surface area contributed by atoms with Gasteiger partial charge in [0.15, 0.2) is 0 Å². The van der Waals surface area contributed by atoms with Crippen molar-refractivity contribution in [2.45, 2.75) is 38.8 Å². The molecule has 1 aliphatic heterocycles. The Hall–Kier alpha value is -3.42. The Labute approximate surface area is 168 Å². The summed E-state index contributed by atoms with van der Waals surface area (Å²) in [6.07, 6.45) is 3.32. The second kappa shape index (κ2) is 8.30. The van der Waals surface area contributed by atoms with E-state index in [4.69, 9.17) is 4.52 Å². The maximum Gasteiger partial charge on any atom is 0.243 e. The average Bonchev–Trinajstić information content (AvgIpc) is 3.48. The highest BCUT2D eigenvalue weighted by Crippen LogP contribution is 2.20. The van der Waals surface area contributed by atoms with Crippen LogP contribution in [0.5, 0.6) is 0 Å². The molecule has 3 aromatic rings. The molecule has 1 unspecified atom stereocenters. The molecule has 0 spiro atoms. The van der Waals surface area contributed by atoms with Crippen LogP contribution in [0.25, 0.3) is 11.3 Å². The number of hydrogen-bond donors (Lipinski definition) is 2. The fourth-order valence-corrected chi connectivity index (χ4v) is 3.61. The number of aromatic amines is 1. The van der Waals surface area contributed by atoms with Gasteiger partial charge in [0.2, 0.25) is 11.8 Å². The van der Waals surface area contributed by atoms with Crippen molar-refractivity contribution in [1.29, 1.82) is 0 Å². The van der Waals surface area contributed by atoms with Crippen LogP contribution in [0.2, 0.25) is 0 Å². The molecule has 1 saturated heterocycles. The number of nitrogens with one attached hydrogen (secondary N) is 2. The van der Waals surface area contributed by atoms with E-state index in [1.165, 1.54) is 0 Å². The van der Waals surface area contributed by atoms with Crippen molar-refractivity contribution in [3.8, 4) is 11.3 Å². The topological polar surface area (TPSA) is 104 Å². The van der Waals surface area contributed by atoms with Crippen molar-refractivity contribution in [3.63, 3.8) is 0 Å². The number of likely N-dealkylation sites (tertiary alicyclic amines) is 1. The molecule has 2 aromatic heterocycles. The van der Waals surface area contributed by atoms with Crippen LogP contribution in [0, 0.1) is 6.92 Å². The Morgan fingerprint density at radius 1 is 1.28 bits per heavy atom. The van der Waals surface area contributed by atoms with Crippen molar-refractivity contribution in [3.05, 3.63) is 59.6 Å². The Balaban J connectivity index is 1.33. The molecule has 3 heterocycles. The van der Waals surface area contributed by atoms with Crippen LogP contribution < -0.4 is 5.32 Å². The average molecular weight is 393 g/mol. The van der Waals surface area contributed by atoms with Crippen molar-refractivity contribution < 1.29 is 14.1 Å². The third kappa shape index (κ3) is 4.37. The smallest absolute Gasteiger partial charge is 0.243 e. The summed E-state index contributed by atoms with van der Waals surface area (Å²) in [7, 11) is 0. The standard InChI is InChI=1S/C21H23N5O3/c1-14-11-17(29-25-14)12-20(27)26-10-2-3-19(26)21(28)22-13-15-4-6-16(7-5-15)18-8-9-23-24-18/h4-9,11,19H,2-3,10,12-13H2,1H3,(H,22,28)(H,23,24). The molecule has 0 radical (unpaired) electrons. The van der Waals surface area contributed by atoms with E-state index < -0.39 is 6.04 Å². The highest BCUT2D eigenvalue weighted by Gasteiger charge is 2.34. The maximum atomic E-state index is 12.7. The molecule has 8 nitrogen and oxygen atoms in total. The minimum Gasteiger partial charge on any atom is -0.361 e. The monoisotopic (exact) mass is 393 g/mol. The molecule has 29 heavy (non-hydrogen) atoms. The fraction of sp³-hybridized carbons (Fsp3) is 0.333. The van der Waals surface area contributed by atoms with Crippen molar-refractivity contribution >= 4 is 11.8 Å². The number of carbonyl (C=O) groups is 2. The Morgan fingerprint density at radius 2 is 2.10 bits per heavy atom. The summed E-state index contributed by atoms with van der Waals surface area (Å²) in [5, 5.41) is 13.6. The van der Waals surface area contributed by atoms with Crippen LogP contribution in [-0.2, 0) is 22.6 Å².